The lowest BCUT2D eigenvalue weighted by atomic mass is 10.0. The number of hydrogen-bond acceptors (Lipinski definition) is 6. The lowest BCUT2D eigenvalue weighted by molar-refractivity contribution is 0.591. The van der Waals surface area contributed by atoms with Crippen molar-refractivity contribution in [3.05, 3.63) is 89.4 Å². The van der Waals surface area contributed by atoms with Gasteiger partial charge in [0.25, 0.3) is 0 Å². The Balaban J connectivity index is 1.57. The fourth-order valence-corrected chi connectivity index (χ4v) is 3.23. The standard InChI is InChI=1S/C24H18F2N6/c1-14-9-17(10-15(2)29-14)18-11-20(25)23(21(26)12-18)31-22-7-8-28-24(32-22)30-19-5-3-16(13-27)4-6-19/h3-12H,1-2H3,(H2,28,30,31,32). The first-order chi connectivity index (χ1) is 15.4. The molecule has 0 saturated heterocycles. The van der Waals surface area contributed by atoms with E-state index in [9.17, 15) is 8.78 Å². The molecule has 0 saturated carbocycles. The quantitative estimate of drug-likeness (QED) is 0.418. The second-order valence-corrected chi connectivity index (χ2v) is 7.16. The summed E-state index contributed by atoms with van der Waals surface area (Å²) in [5.74, 6) is -1.03. The molecule has 2 aromatic carbocycles. The smallest absolute Gasteiger partial charge is 0.229 e. The average molecular weight is 428 g/mol. The van der Waals surface area contributed by atoms with Crippen LogP contribution >= 0.6 is 0 Å². The summed E-state index contributed by atoms with van der Waals surface area (Å²) in [5, 5.41) is 14.6. The third-order valence-electron chi connectivity index (χ3n) is 4.64. The molecule has 32 heavy (non-hydrogen) atoms. The molecule has 6 nitrogen and oxygen atoms in total. The fourth-order valence-electron chi connectivity index (χ4n) is 3.23. The molecule has 0 fully saturated rings. The molecule has 0 bridgehead atoms. The van der Waals surface area contributed by atoms with Crippen molar-refractivity contribution >= 4 is 23.1 Å². The minimum Gasteiger partial charge on any atom is -0.335 e. The van der Waals surface area contributed by atoms with Crippen LogP contribution in [0.4, 0.5) is 31.9 Å². The number of nitriles is 1. The van der Waals surface area contributed by atoms with E-state index in [1.54, 1.807) is 36.4 Å². The van der Waals surface area contributed by atoms with Gasteiger partial charge in [-0.3, -0.25) is 4.98 Å². The first kappa shape index (κ1) is 20.9. The largest absolute Gasteiger partial charge is 0.335 e. The molecular formula is C24H18F2N6. The molecule has 4 rings (SSSR count). The number of nitrogens with zero attached hydrogens (tertiary/aromatic N) is 4. The first-order valence-corrected chi connectivity index (χ1v) is 9.73. The summed E-state index contributed by atoms with van der Waals surface area (Å²) in [7, 11) is 0. The van der Waals surface area contributed by atoms with Gasteiger partial charge in [-0.1, -0.05) is 0 Å². The zero-order chi connectivity index (χ0) is 22.7. The zero-order valence-electron chi connectivity index (χ0n) is 17.3. The van der Waals surface area contributed by atoms with Gasteiger partial charge in [-0.05, 0) is 79.6 Å². The Morgan fingerprint density at radius 3 is 2.06 bits per heavy atom. The number of halogens is 2. The number of aryl methyl sites for hydroxylation is 2. The summed E-state index contributed by atoms with van der Waals surface area (Å²) in [6, 6.07) is 16.4. The van der Waals surface area contributed by atoms with E-state index in [-0.39, 0.29) is 17.5 Å². The molecule has 8 heteroatoms. The first-order valence-electron chi connectivity index (χ1n) is 9.73. The van der Waals surface area contributed by atoms with Gasteiger partial charge in [0.15, 0.2) is 0 Å². The summed E-state index contributed by atoms with van der Waals surface area (Å²) in [5.41, 5.74) is 3.54. The van der Waals surface area contributed by atoms with Gasteiger partial charge in [0.05, 0.1) is 11.6 Å². The van der Waals surface area contributed by atoms with Crippen molar-refractivity contribution in [2.45, 2.75) is 13.8 Å². The van der Waals surface area contributed by atoms with Gasteiger partial charge >= 0.3 is 0 Å². The molecule has 0 aliphatic rings. The molecule has 0 radical (unpaired) electrons. The topological polar surface area (TPSA) is 86.5 Å². The number of pyridine rings is 1. The maximum atomic E-state index is 14.8. The van der Waals surface area contributed by atoms with Crippen molar-refractivity contribution < 1.29 is 8.78 Å². The van der Waals surface area contributed by atoms with Crippen LogP contribution in [-0.4, -0.2) is 15.0 Å². The Labute approximate surface area is 183 Å². The van der Waals surface area contributed by atoms with Crippen LogP contribution in [0.2, 0.25) is 0 Å². The number of hydrogen-bond donors (Lipinski definition) is 2. The highest BCUT2D eigenvalue weighted by molar-refractivity contribution is 5.69. The van der Waals surface area contributed by atoms with Crippen LogP contribution in [0, 0.1) is 36.8 Å². The molecule has 4 aromatic rings. The van der Waals surface area contributed by atoms with Gasteiger partial charge in [0.1, 0.15) is 23.1 Å². The summed E-state index contributed by atoms with van der Waals surface area (Å²) >= 11 is 0. The van der Waals surface area contributed by atoms with Crippen molar-refractivity contribution in [1.82, 2.24) is 15.0 Å². The van der Waals surface area contributed by atoms with Crippen LogP contribution in [0.3, 0.4) is 0 Å². The van der Waals surface area contributed by atoms with E-state index in [0.717, 1.165) is 11.4 Å². The maximum absolute atomic E-state index is 14.8. The van der Waals surface area contributed by atoms with Crippen molar-refractivity contribution in [3.63, 3.8) is 0 Å². The molecule has 158 valence electrons. The molecule has 0 atom stereocenters. The minimum absolute atomic E-state index is 0.220. The second kappa shape index (κ2) is 8.78. The Bertz CT molecular complexity index is 1290. The van der Waals surface area contributed by atoms with Crippen molar-refractivity contribution in [3.8, 4) is 17.2 Å². The lowest BCUT2D eigenvalue weighted by Crippen LogP contribution is -2.03. The highest BCUT2D eigenvalue weighted by atomic mass is 19.1. The van der Waals surface area contributed by atoms with Gasteiger partial charge in [-0.2, -0.15) is 10.2 Å². The predicted octanol–water partition coefficient (Wildman–Crippen LogP) is 5.79. The molecule has 0 aliphatic heterocycles. The highest BCUT2D eigenvalue weighted by Gasteiger charge is 2.14. The normalized spacial score (nSPS) is 10.5. The van der Waals surface area contributed by atoms with E-state index >= 15 is 0 Å². The lowest BCUT2D eigenvalue weighted by Gasteiger charge is -2.12. The molecule has 2 heterocycles. The van der Waals surface area contributed by atoms with E-state index in [4.69, 9.17) is 5.26 Å². The monoisotopic (exact) mass is 428 g/mol. The van der Waals surface area contributed by atoms with Crippen LogP contribution in [0.15, 0.2) is 60.8 Å². The highest BCUT2D eigenvalue weighted by Crippen LogP contribution is 2.30. The number of aromatic nitrogens is 3. The zero-order valence-corrected chi connectivity index (χ0v) is 17.3. The minimum atomic E-state index is -0.743. The Kier molecular flexibility index (Phi) is 5.73. The molecule has 2 N–H and O–H groups in total. The second-order valence-electron chi connectivity index (χ2n) is 7.16. The van der Waals surface area contributed by atoms with Crippen molar-refractivity contribution in [2.24, 2.45) is 0 Å². The van der Waals surface area contributed by atoms with Gasteiger partial charge in [-0.25, -0.2) is 13.8 Å². The number of nitrogens with one attached hydrogen (secondary N) is 2. The summed E-state index contributed by atoms with van der Waals surface area (Å²) in [6.45, 7) is 3.66. The SMILES string of the molecule is Cc1cc(-c2cc(F)c(Nc3ccnc(Nc4ccc(C#N)cc4)n3)c(F)c2)cc(C)n1. The number of benzene rings is 2. The van der Waals surface area contributed by atoms with Gasteiger partial charge in [-0.15, -0.1) is 0 Å². The summed E-state index contributed by atoms with van der Waals surface area (Å²) in [4.78, 5) is 12.7. The van der Waals surface area contributed by atoms with Gasteiger partial charge < -0.3 is 10.6 Å². The fraction of sp³-hybridized carbons (Fsp3) is 0.0833. The van der Waals surface area contributed by atoms with Crippen LogP contribution < -0.4 is 10.6 Å². The molecule has 2 aromatic heterocycles. The average Bonchev–Trinajstić information content (AvgIpc) is 2.76. The van der Waals surface area contributed by atoms with E-state index in [2.05, 4.69) is 25.6 Å². The molecular weight excluding hydrogens is 410 g/mol. The molecule has 0 aliphatic carbocycles. The van der Waals surface area contributed by atoms with E-state index in [0.29, 0.717) is 22.4 Å². The van der Waals surface area contributed by atoms with Crippen LogP contribution in [0.1, 0.15) is 17.0 Å². The van der Waals surface area contributed by atoms with E-state index < -0.39 is 11.6 Å². The third-order valence-corrected chi connectivity index (χ3v) is 4.64. The third kappa shape index (κ3) is 4.68. The van der Waals surface area contributed by atoms with Crippen molar-refractivity contribution in [2.75, 3.05) is 10.6 Å². The molecule has 0 unspecified atom stereocenters. The molecule has 0 amide bonds. The Hall–Kier alpha value is -4.38. The predicted molar refractivity (Wildman–Crippen MR) is 119 cm³/mol. The molecule has 0 spiro atoms. The number of rotatable bonds is 5. The van der Waals surface area contributed by atoms with Gasteiger partial charge in [0, 0.05) is 23.3 Å². The number of anilines is 4. The Morgan fingerprint density at radius 2 is 1.44 bits per heavy atom. The van der Waals surface area contributed by atoms with Crippen LogP contribution in [0.25, 0.3) is 11.1 Å². The summed E-state index contributed by atoms with van der Waals surface area (Å²) < 4.78 is 29.6. The van der Waals surface area contributed by atoms with Gasteiger partial charge in [0.2, 0.25) is 5.95 Å². The van der Waals surface area contributed by atoms with E-state index in [1.807, 2.05) is 19.9 Å². The van der Waals surface area contributed by atoms with Crippen LogP contribution in [-0.2, 0) is 0 Å². The Morgan fingerprint density at radius 1 is 0.812 bits per heavy atom. The van der Waals surface area contributed by atoms with E-state index in [1.165, 1.54) is 24.4 Å². The van der Waals surface area contributed by atoms with Crippen LogP contribution in [0.5, 0.6) is 0 Å². The maximum Gasteiger partial charge on any atom is 0.229 e. The van der Waals surface area contributed by atoms with Crippen molar-refractivity contribution in [1.29, 1.82) is 5.26 Å². The summed E-state index contributed by atoms with van der Waals surface area (Å²) in [6.07, 6.45) is 1.47.